The SMILES string of the molecule is Cc1ccc(-n2nccc2-c2nc(C(=O)NC3CCCCCC3)c3cnccn23)cc1. The minimum atomic E-state index is -0.134. The average molecular weight is 415 g/mol. The van der Waals surface area contributed by atoms with E-state index >= 15 is 0 Å². The maximum absolute atomic E-state index is 13.2. The van der Waals surface area contributed by atoms with Crippen molar-refractivity contribution in [1.82, 2.24) is 29.5 Å². The summed E-state index contributed by atoms with van der Waals surface area (Å²) in [5.41, 5.74) is 4.05. The normalized spacial score (nSPS) is 15.1. The van der Waals surface area contributed by atoms with Crippen molar-refractivity contribution in [3.63, 3.8) is 0 Å². The van der Waals surface area contributed by atoms with Crippen LogP contribution in [0, 0.1) is 6.92 Å². The summed E-state index contributed by atoms with van der Waals surface area (Å²) in [6.45, 7) is 2.06. The number of aryl methyl sites for hydroxylation is 1. The standard InChI is InChI=1S/C24H26N6O/c1-17-8-10-19(11-9-17)30-20(12-13-26-30)23-28-22(21-16-25-14-15-29(21)23)24(31)27-18-6-4-2-3-5-7-18/h8-16,18H,2-7H2,1H3,(H,27,31). The van der Waals surface area contributed by atoms with Crippen molar-refractivity contribution >= 4 is 11.4 Å². The van der Waals surface area contributed by atoms with Crippen molar-refractivity contribution < 1.29 is 4.79 Å². The summed E-state index contributed by atoms with van der Waals surface area (Å²) in [6, 6.07) is 10.3. The second-order valence-corrected chi connectivity index (χ2v) is 8.24. The van der Waals surface area contributed by atoms with Gasteiger partial charge in [0, 0.05) is 18.4 Å². The first-order valence-corrected chi connectivity index (χ1v) is 10.9. The molecular formula is C24H26N6O. The molecule has 4 aromatic rings. The maximum Gasteiger partial charge on any atom is 0.272 e. The number of nitrogens with one attached hydrogen (secondary N) is 1. The quantitative estimate of drug-likeness (QED) is 0.504. The molecule has 0 saturated heterocycles. The predicted molar refractivity (Wildman–Crippen MR) is 119 cm³/mol. The number of nitrogens with zero attached hydrogens (tertiary/aromatic N) is 5. The molecule has 0 aliphatic heterocycles. The van der Waals surface area contributed by atoms with Crippen LogP contribution in [-0.2, 0) is 0 Å². The first-order valence-electron chi connectivity index (χ1n) is 10.9. The highest BCUT2D eigenvalue weighted by Gasteiger charge is 2.23. The lowest BCUT2D eigenvalue weighted by molar-refractivity contribution is 0.0930. The fourth-order valence-electron chi connectivity index (χ4n) is 4.33. The van der Waals surface area contributed by atoms with Gasteiger partial charge in [0.15, 0.2) is 11.5 Å². The van der Waals surface area contributed by atoms with Gasteiger partial charge in [0.1, 0.15) is 5.69 Å². The summed E-state index contributed by atoms with van der Waals surface area (Å²) in [5, 5.41) is 7.72. The molecule has 0 radical (unpaired) electrons. The Kier molecular flexibility index (Phi) is 5.24. The monoisotopic (exact) mass is 414 g/mol. The van der Waals surface area contributed by atoms with E-state index in [0.29, 0.717) is 17.0 Å². The van der Waals surface area contributed by atoms with E-state index in [1.54, 1.807) is 18.6 Å². The number of carbonyl (C=O) groups is 1. The van der Waals surface area contributed by atoms with Crippen molar-refractivity contribution in [2.45, 2.75) is 51.5 Å². The van der Waals surface area contributed by atoms with Crippen LogP contribution in [0.5, 0.6) is 0 Å². The second kappa shape index (κ2) is 8.34. The zero-order valence-corrected chi connectivity index (χ0v) is 17.7. The Morgan fingerprint density at radius 2 is 1.81 bits per heavy atom. The fourth-order valence-corrected chi connectivity index (χ4v) is 4.33. The zero-order valence-electron chi connectivity index (χ0n) is 17.7. The number of rotatable bonds is 4. The number of aromatic nitrogens is 5. The molecule has 1 aliphatic carbocycles. The molecule has 5 rings (SSSR count). The van der Waals surface area contributed by atoms with Gasteiger partial charge in [0.05, 0.1) is 23.6 Å². The van der Waals surface area contributed by atoms with Gasteiger partial charge in [-0.3, -0.25) is 14.2 Å². The summed E-state index contributed by atoms with van der Waals surface area (Å²) in [5.74, 6) is 0.534. The van der Waals surface area contributed by atoms with E-state index < -0.39 is 0 Å². The van der Waals surface area contributed by atoms with E-state index in [0.717, 1.165) is 37.1 Å². The van der Waals surface area contributed by atoms with Crippen LogP contribution in [-0.4, -0.2) is 36.1 Å². The van der Waals surface area contributed by atoms with Gasteiger partial charge in [-0.2, -0.15) is 5.10 Å². The van der Waals surface area contributed by atoms with E-state index in [4.69, 9.17) is 4.98 Å². The lowest BCUT2D eigenvalue weighted by atomic mass is 10.1. The van der Waals surface area contributed by atoms with Crippen LogP contribution in [0.25, 0.3) is 22.7 Å². The molecular weight excluding hydrogens is 388 g/mol. The van der Waals surface area contributed by atoms with E-state index in [9.17, 15) is 4.79 Å². The molecule has 1 amide bonds. The third-order valence-electron chi connectivity index (χ3n) is 6.00. The van der Waals surface area contributed by atoms with Gasteiger partial charge in [0.25, 0.3) is 5.91 Å². The highest BCUT2D eigenvalue weighted by molar-refractivity contribution is 6.00. The number of hydrogen-bond donors (Lipinski definition) is 1. The second-order valence-electron chi connectivity index (χ2n) is 8.24. The largest absolute Gasteiger partial charge is 0.348 e. The first kappa shape index (κ1) is 19.5. The highest BCUT2D eigenvalue weighted by Crippen LogP contribution is 2.25. The van der Waals surface area contributed by atoms with Crippen LogP contribution in [0.1, 0.15) is 54.6 Å². The Bertz CT molecular complexity index is 1200. The van der Waals surface area contributed by atoms with Gasteiger partial charge >= 0.3 is 0 Å². The summed E-state index contributed by atoms with van der Waals surface area (Å²) >= 11 is 0. The van der Waals surface area contributed by atoms with E-state index in [-0.39, 0.29) is 11.9 Å². The topological polar surface area (TPSA) is 77.1 Å². The molecule has 1 saturated carbocycles. The minimum Gasteiger partial charge on any atom is -0.348 e. The minimum absolute atomic E-state index is 0.134. The van der Waals surface area contributed by atoms with Crippen LogP contribution < -0.4 is 5.32 Å². The molecule has 0 unspecified atom stereocenters. The Labute approximate surface area is 181 Å². The van der Waals surface area contributed by atoms with Gasteiger partial charge in [-0.15, -0.1) is 0 Å². The highest BCUT2D eigenvalue weighted by atomic mass is 16.2. The van der Waals surface area contributed by atoms with Gasteiger partial charge in [-0.05, 0) is 38.0 Å². The van der Waals surface area contributed by atoms with Crippen molar-refractivity contribution in [3.05, 3.63) is 66.4 Å². The average Bonchev–Trinajstić information content (AvgIpc) is 3.33. The Morgan fingerprint density at radius 3 is 2.58 bits per heavy atom. The molecule has 1 aliphatic rings. The first-order chi connectivity index (χ1) is 15.2. The molecule has 0 bridgehead atoms. The van der Waals surface area contributed by atoms with Gasteiger partial charge in [-0.1, -0.05) is 43.4 Å². The number of hydrogen-bond acceptors (Lipinski definition) is 4. The molecule has 7 nitrogen and oxygen atoms in total. The lowest BCUT2D eigenvalue weighted by Crippen LogP contribution is -2.34. The van der Waals surface area contributed by atoms with Gasteiger partial charge in [0.2, 0.25) is 0 Å². The third kappa shape index (κ3) is 3.83. The Hall–Kier alpha value is -3.48. The molecule has 3 aromatic heterocycles. The number of fused-ring (bicyclic) bond motifs is 1. The van der Waals surface area contributed by atoms with Crippen LogP contribution in [0.2, 0.25) is 0 Å². The third-order valence-corrected chi connectivity index (χ3v) is 6.00. The van der Waals surface area contributed by atoms with Crippen LogP contribution in [0.3, 0.4) is 0 Å². The van der Waals surface area contributed by atoms with Crippen LogP contribution in [0.4, 0.5) is 0 Å². The van der Waals surface area contributed by atoms with Crippen molar-refractivity contribution in [1.29, 1.82) is 0 Å². The molecule has 1 aromatic carbocycles. The molecule has 1 fully saturated rings. The van der Waals surface area contributed by atoms with Crippen LogP contribution in [0.15, 0.2) is 55.1 Å². The molecule has 31 heavy (non-hydrogen) atoms. The molecule has 1 N–H and O–H groups in total. The predicted octanol–water partition coefficient (Wildman–Crippen LogP) is 4.34. The maximum atomic E-state index is 13.2. The Balaban J connectivity index is 1.54. The van der Waals surface area contributed by atoms with E-state index in [1.807, 2.05) is 33.5 Å². The number of benzene rings is 1. The molecule has 3 heterocycles. The number of amides is 1. The van der Waals surface area contributed by atoms with Crippen molar-refractivity contribution in [3.8, 4) is 17.2 Å². The smallest absolute Gasteiger partial charge is 0.272 e. The molecule has 0 atom stereocenters. The van der Waals surface area contributed by atoms with Gasteiger partial charge < -0.3 is 5.32 Å². The molecule has 0 spiro atoms. The van der Waals surface area contributed by atoms with Gasteiger partial charge in [-0.25, -0.2) is 9.67 Å². The Morgan fingerprint density at radius 1 is 1.03 bits per heavy atom. The van der Waals surface area contributed by atoms with E-state index in [2.05, 4.69) is 34.5 Å². The molecule has 7 heteroatoms. The number of imidazole rings is 1. The summed E-state index contributed by atoms with van der Waals surface area (Å²) in [7, 11) is 0. The summed E-state index contributed by atoms with van der Waals surface area (Å²) in [6.07, 6.45) is 13.9. The van der Waals surface area contributed by atoms with Crippen molar-refractivity contribution in [2.24, 2.45) is 0 Å². The number of carbonyl (C=O) groups excluding carboxylic acids is 1. The van der Waals surface area contributed by atoms with E-state index in [1.165, 1.54) is 18.4 Å². The molecule has 158 valence electrons. The fraction of sp³-hybridized carbons (Fsp3) is 0.333. The lowest BCUT2D eigenvalue weighted by Gasteiger charge is -2.15. The van der Waals surface area contributed by atoms with Crippen molar-refractivity contribution in [2.75, 3.05) is 0 Å². The summed E-state index contributed by atoms with van der Waals surface area (Å²) in [4.78, 5) is 22.2. The summed E-state index contributed by atoms with van der Waals surface area (Å²) < 4.78 is 3.76. The van der Waals surface area contributed by atoms with Crippen LogP contribution >= 0.6 is 0 Å². The zero-order chi connectivity index (χ0) is 21.2.